The summed E-state index contributed by atoms with van der Waals surface area (Å²) in [5, 5.41) is 4.84. The minimum absolute atomic E-state index is 0.0474. The second-order valence-electron chi connectivity index (χ2n) is 6.93. The Balaban J connectivity index is 1.53. The van der Waals surface area contributed by atoms with Crippen LogP contribution in [0.3, 0.4) is 0 Å². The summed E-state index contributed by atoms with van der Waals surface area (Å²) >= 11 is 1.45. The molecule has 0 saturated heterocycles. The third-order valence-electron chi connectivity index (χ3n) is 5.14. The van der Waals surface area contributed by atoms with Crippen LogP contribution in [-0.4, -0.2) is 37.5 Å². The van der Waals surface area contributed by atoms with E-state index in [1.807, 2.05) is 40.6 Å². The van der Waals surface area contributed by atoms with Crippen LogP contribution in [0.1, 0.15) is 31.2 Å². The number of para-hydroxylation sites is 1. The first-order valence-electron chi connectivity index (χ1n) is 9.57. The van der Waals surface area contributed by atoms with Crippen molar-refractivity contribution >= 4 is 28.8 Å². The summed E-state index contributed by atoms with van der Waals surface area (Å²) in [7, 11) is 3.04. The number of benzene rings is 2. The van der Waals surface area contributed by atoms with E-state index in [2.05, 4.69) is 5.32 Å². The van der Waals surface area contributed by atoms with Crippen LogP contribution >= 0.6 is 11.3 Å². The average molecular weight is 423 g/mol. The number of anilines is 1. The van der Waals surface area contributed by atoms with Crippen molar-refractivity contribution in [2.24, 2.45) is 0 Å². The van der Waals surface area contributed by atoms with Gasteiger partial charge in [-0.2, -0.15) is 0 Å². The van der Waals surface area contributed by atoms with Crippen LogP contribution in [0.2, 0.25) is 0 Å². The van der Waals surface area contributed by atoms with Crippen molar-refractivity contribution in [1.29, 1.82) is 0 Å². The monoisotopic (exact) mass is 422 g/mol. The number of carbonyl (C=O) groups excluding carboxylic acids is 2. The van der Waals surface area contributed by atoms with Gasteiger partial charge in [-0.15, -0.1) is 11.3 Å². The second kappa shape index (κ2) is 8.59. The topological polar surface area (TPSA) is 67.9 Å². The van der Waals surface area contributed by atoms with Crippen LogP contribution in [0.4, 0.5) is 5.69 Å². The zero-order valence-corrected chi connectivity index (χ0v) is 17.6. The molecule has 0 fully saturated rings. The van der Waals surface area contributed by atoms with E-state index >= 15 is 0 Å². The highest BCUT2D eigenvalue weighted by Crippen LogP contribution is 2.31. The minimum Gasteiger partial charge on any atom is -0.493 e. The van der Waals surface area contributed by atoms with Crippen LogP contribution in [0.15, 0.2) is 53.9 Å². The highest BCUT2D eigenvalue weighted by atomic mass is 32.1. The quantitative estimate of drug-likeness (QED) is 0.669. The number of fused-ring (bicyclic) bond motifs is 1. The molecule has 1 aliphatic heterocycles. The van der Waals surface area contributed by atoms with Gasteiger partial charge < -0.3 is 19.7 Å². The molecule has 6 nitrogen and oxygen atoms in total. The summed E-state index contributed by atoms with van der Waals surface area (Å²) in [5.74, 6) is 0.653. The first-order chi connectivity index (χ1) is 14.6. The fourth-order valence-electron chi connectivity index (χ4n) is 3.63. The molecule has 0 aliphatic carbocycles. The summed E-state index contributed by atoms with van der Waals surface area (Å²) in [6, 6.07) is 14.8. The maximum absolute atomic E-state index is 12.8. The van der Waals surface area contributed by atoms with E-state index in [0.717, 1.165) is 16.9 Å². The summed E-state index contributed by atoms with van der Waals surface area (Å²) in [6.07, 6.45) is 0.796. The number of hydrogen-bond acceptors (Lipinski definition) is 5. The third kappa shape index (κ3) is 3.89. The van der Waals surface area contributed by atoms with Gasteiger partial charge in [0.25, 0.3) is 11.8 Å². The molecule has 0 atom stereocenters. The van der Waals surface area contributed by atoms with E-state index in [9.17, 15) is 9.59 Å². The number of thiophene rings is 1. The van der Waals surface area contributed by atoms with E-state index in [0.29, 0.717) is 35.8 Å². The Labute approximate surface area is 179 Å². The summed E-state index contributed by atoms with van der Waals surface area (Å²) in [5.41, 5.74) is 3.31. The Bertz CT molecular complexity index is 1080. The van der Waals surface area contributed by atoms with Crippen LogP contribution < -0.4 is 14.8 Å². The fraction of sp³-hybridized carbons (Fsp3) is 0.217. The van der Waals surface area contributed by atoms with Crippen molar-refractivity contribution in [1.82, 2.24) is 4.90 Å². The van der Waals surface area contributed by atoms with Gasteiger partial charge in [-0.1, -0.05) is 18.2 Å². The molecule has 2 aromatic carbocycles. The number of methoxy groups -OCH3 is 2. The van der Waals surface area contributed by atoms with Gasteiger partial charge in [-0.3, -0.25) is 9.59 Å². The molecular formula is C23H22N2O4S. The van der Waals surface area contributed by atoms with Crippen LogP contribution in [-0.2, 0) is 13.0 Å². The van der Waals surface area contributed by atoms with E-state index < -0.39 is 0 Å². The molecule has 1 N–H and O–H groups in total. The summed E-state index contributed by atoms with van der Waals surface area (Å²) in [4.78, 5) is 28.1. The minimum atomic E-state index is -0.284. The summed E-state index contributed by atoms with van der Waals surface area (Å²) in [6.45, 7) is 1.22. The lowest BCUT2D eigenvalue weighted by Gasteiger charge is -2.29. The maximum atomic E-state index is 12.8. The maximum Gasteiger partial charge on any atom is 0.264 e. The van der Waals surface area contributed by atoms with Crippen molar-refractivity contribution < 1.29 is 19.1 Å². The molecule has 1 aliphatic rings. The van der Waals surface area contributed by atoms with Crippen molar-refractivity contribution in [2.75, 3.05) is 26.1 Å². The predicted octanol–water partition coefficient (Wildman–Crippen LogP) is 4.22. The van der Waals surface area contributed by atoms with Gasteiger partial charge in [0.15, 0.2) is 11.5 Å². The normalized spacial score (nSPS) is 12.8. The predicted molar refractivity (Wildman–Crippen MR) is 117 cm³/mol. The first kappa shape index (κ1) is 20.0. The molecule has 0 saturated carbocycles. The molecule has 0 bridgehead atoms. The molecular weight excluding hydrogens is 400 g/mol. The van der Waals surface area contributed by atoms with Crippen molar-refractivity contribution in [3.8, 4) is 11.5 Å². The Morgan fingerprint density at radius 1 is 1.03 bits per heavy atom. The molecule has 4 rings (SSSR count). The standard InChI is InChI=1S/C23H22N2O4S/c1-28-19-6-3-5-18(21(19)29-2)22(26)24-17-9-8-15-10-11-25(14-16(15)13-17)23(27)20-7-4-12-30-20/h3-9,12-13H,10-11,14H2,1-2H3,(H,24,26). The summed E-state index contributed by atoms with van der Waals surface area (Å²) < 4.78 is 10.6. The number of ether oxygens (including phenoxy) is 2. The number of rotatable bonds is 5. The Morgan fingerprint density at radius 3 is 2.63 bits per heavy atom. The molecule has 154 valence electrons. The van der Waals surface area contributed by atoms with E-state index in [-0.39, 0.29) is 11.8 Å². The van der Waals surface area contributed by atoms with Crippen molar-refractivity contribution in [3.63, 3.8) is 0 Å². The Hall–Kier alpha value is -3.32. The number of carbonyl (C=O) groups is 2. The number of nitrogens with one attached hydrogen (secondary N) is 1. The van der Waals surface area contributed by atoms with E-state index in [1.54, 1.807) is 18.2 Å². The van der Waals surface area contributed by atoms with Gasteiger partial charge in [0, 0.05) is 18.8 Å². The SMILES string of the molecule is COc1cccc(C(=O)Nc2ccc3c(c2)CN(C(=O)c2cccs2)CC3)c1OC. The zero-order chi connectivity index (χ0) is 21.1. The zero-order valence-electron chi connectivity index (χ0n) is 16.8. The lowest BCUT2D eigenvalue weighted by molar-refractivity contribution is 0.0739. The Kier molecular flexibility index (Phi) is 5.72. The third-order valence-corrected chi connectivity index (χ3v) is 6.00. The lowest BCUT2D eigenvalue weighted by Crippen LogP contribution is -2.35. The lowest BCUT2D eigenvalue weighted by atomic mass is 9.98. The first-order valence-corrected chi connectivity index (χ1v) is 10.5. The van der Waals surface area contributed by atoms with Gasteiger partial charge in [0.05, 0.1) is 24.7 Å². The highest BCUT2D eigenvalue weighted by molar-refractivity contribution is 7.12. The van der Waals surface area contributed by atoms with Gasteiger partial charge in [-0.05, 0) is 53.3 Å². The van der Waals surface area contributed by atoms with Gasteiger partial charge >= 0.3 is 0 Å². The van der Waals surface area contributed by atoms with Crippen molar-refractivity contribution in [3.05, 3.63) is 75.5 Å². The van der Waals surface area contributed by atoms with Crippen LogP contribution in [0.5, 0.6) is 11.5 Å². The van der Waals surface area contributed by atoms with Gasteiger partial charge in [-0.25, -0.2) is 0 Å². The molecule has 3 aromatic rings. The molecule has 1 aromatic heterocycles. The van der Waals surface area contributed by atoms with E-state index in [1.165, 1.54) is 31.1 Å². The molecule has 2 amide bonds. The largest absolute Gasteiger partial charge is 0.493 e. The Morgan fingerprint density at radius 2 is 1.90 bits per heavy atom. The smallest absolute Gasteiger partial charge is 0.264 e. The fourth-order valence-corrected chi connectivity index (χ4v) is 4.32. The molecule has 2 heterocycles. The van der Waals surface area contributed by atoms with Crippen molar-refractivity contribution in [2.45, 2.75) is 13.0 Å². The average Bonchev–Trinajstić information content (AvgIpc) is 3.32. The molecule has 0 radical (unpaired) electrons. The van der Waals surface area contributed by atoms with Crippen LogP contribution in [0, 0.1) is 0 Å². The number of amides is 2. The second-order valence-corrected chi connectivity index (χ2v) is 7.88. The highest BCUT2D eigenvalue weighted by Gasteiger charge is 2.23. The van der Waals surface area contributed by atoms with E-state index in [4.69, 9.17) is 9.47 Å². The molecule has 30 heavy (non-hydrogen) atoms. The van der Waals surface area contributed by atoms with Crippen LogP contribution in [0.25, 0.3) is 0 Å². The van der Waals surface area contributed by atoms with Gasteiger partial charge in [0.1, 0.15) is 0 Å². The number of hydrogen-bond donors (Lipinski definition) is 1. The van der Waals surface area contributed by atoms with Gasteiger partial charge in [0.2, 0.25) is 0 Å². The molecule has 7 heteroatoms. The molecule has 0 spiro atoms. The molecule has 0 unspecified atom stereocenters. The number of nitrogens with zero attached hydrogens (tertiary/aromatic N) is 1.